The lowest BCUT2D eigenvalue weighted by atomic mass is 10.3. The maximum atomic E-state index is 11.4. The second kappa shape index (κ2) is 12.1. The molecule has 5 heteroatoms. The molecule has 1 aliphatic heterocycles. The third kappa shape index (κ3) is 13.3. The first kappa shape index (κ1) is 18.0. The summed E-state index contributed by atoms with van der Waals surface area (Å²) < 4.78 is 22.8. The quantitative estimate of drug-likeness (QED) is 0.696. The van der Waals surface area contributed by atoms with Gasteiger partial charge in [0.1, 0.15) is 16.1 Å². The van der Waals surface area contributed by atoms with Crippen LogP contribution in [-0.2, 0) is 14.7 Å². The Kier molecular flexibility index (Phi) is 11.5. The Labute approximate surface area is 117 Å². The molecule has 0 bridgehead atoms. The Morgan fingerprint density at radius 1 is 0.947 bits per heavy atom. The summed E-state index contributed by atoms with van der Waals surface area (Å²) in [4.78, 5) is 4.55. The molecule has 1 N–H and O–H groups in total. The average Bonchev–Trinajstić information content (AvgIpc) is 2.42. The van der Waals surface area contributed by atoms with Crippen LogP contribution in [0.25, 0.3) is 0 Å². The SMILES string of the molecule is C1=CNOC=C1.CCCCCS(=O)(=O)CCCCC. The minimum Gasteiger partial charge on any atom is -0.391 e. The summed E-state index contributed by atoms with van der Waals surface area (Å²) in [5.41, 5.74) is 2.52. The van der Waals surface area contributed by atoms with Crippen LogP contribution in [0.2, 0.25) is 0 Å². The minimum atomic E-state index is -2.73. The van der Waals surface area contributed by atoms with Crippen LogP contribution in [0.1, 0.15) is 52.4 Å². The maximum Gasteiger partial charge on any atom is 0.150 e. The predicted molar refractivity (Wildman–Crippen MR) is 80.2 cm³/mol. The molecule has 4 nitrogen and oxygen atoms in total. The molecular formula is C14H27NO3S. The van der Waals surface area contributed by atoms with E-state index in [1.54, 1.807) is 18.5 Å². The van der Waals surface area contributed by atoms with Gasteiger partial charge in [0.2, 0.25) is 0 Å². The van der Waals surface area contributed by atoms with Crippen molar-refractivity contribution in [2.24, 2.45) is 0 Å². The molecule has 0 saturated carbocycles. The van der Waals surface area contributed by atoms with Crippen molar-refractivity contribution in [2.45, 2.75) is 52.4 Å². The topological polar surface area (TPSA) is 55.4 Å². The molecule has 0 aromatic heterocycles. The van der Waals surface area contributed by atoms with Gasteiger partial charge in [0.15, 0.2) is 0 Å². The zero-order valence-electron chi connectivity index (χ0n) is 12.1. The van der Waals surface area contributed by atoms with E-state index in [4.69, 9.17) is 0 Å². The van der Waals surface area contributed by atoms with E-state index in [2.05, 4.69) is 24.2 Å². The number of nitrogens with one attached hydrogen (secondary N) is 1. The summed E-state index contributed by atoms with van der Waals surface area (Å²) >= 11 is 0. The molecule has 0 fully saturated rings. The number of hydrogen-bond acceptors (Lipinski definition) is 4. The molecule has 0 radical (unpaired) electrons. The van der Waals surface area contributed by atoms with Crippen molar-refractivity contribution < 1.29 is 13.3 Å². The van der Waals surface area contributed by atoms with Gasteiger partial charge in [-0.25, -0.2) is 13.9 Å². The maximum absolute atomic E-state index is 11.4. The highest BCUT2D eigenvalue weighted by Gasteiger charge is 2.08. The molecule has 1 heterocycles. The second-order valence-corrected chi connectivity index (χ2v) is 6.79. The highest BCUT2D eigenvalue weighted by molar-refractivity contribution is 7.91. The Hall–Kier alpha value is -0.970. The third-order valence-corrected chi connectivity index (χ3v) is 4.43. The molecule has 19 heavy (non-hydrogen) atoms. The first-order valence-electron chi connectivity index (χ1n) is 7.05. The number of allylic oxidation sites excluding steroid dienone is 2. The van der Waals surface area contributed by atoms with E-state index in [1.165, 1.54) is 0 Å². The van der Waals surface area contributed by atoms with Crippen molar-refractivity contribution in [1.29, 1.82) is 0 Å². The van der Waals surface area contributed by atoms with Crippen LogP contribution in [0.4, 0.5) is 0 Å². The molecular weight excluding hydrogens is 262 g/mol. The van der Waals surface area contributed by atoms with Crippen LogP contribution in [0.15, 0.2) is 24.6 Å². The minimum absolute atomic E-state index is 0.393. The van der Waals surface area contributed by atoms with Crippen LogP contribution in [-0.4, -0.2) is 19.9 Å². The lowest BCUT2D eigenvalue weighted by molar-refractivity contribution is 0.172. The Bertz CT molecular complexity index is 320. The van der Waals surface area contributed by atoms with Gasteiger partial charge in [-0.1, -0.05) is 39.5 Å². The molecule has 0 unspecified atom stereocenters. The standard InChI is InChI=1S/C10H22O2S.C4H5NO/c1-3-5-7-9-13(11,12)10-8-6-4-2;1-2-4-6-5-3-1/h3-10H2,1-2H3;1-5H. The summed E-state index contributed by atoms with van der Waals surface area (Å²) in [5.74, 6) is 0.787. The molecule has 0 saturated heterocycles. The van der Waals surface area contributed by atoms with Gasteiger partial charge < -0.3 is 4.84 Å². The van der Waals surface area contributed by atoms with Gasteiger partial charge in [0.05, 0.1) is 11.5 Å². The second-order valence-electron chi connectivity index (χ2n) is 4.49. The fraction of sp³-hybridized carbons (Fsp3) is 0.714. The van der Waals surface area contributed by atoms with E-state index in [1.807, 2.05) is 6.08 Å². The summed E-state index contributed by atoms with van der Waals surface area (Å²) in [6.45, 7) is 4.17. The zero-order chi connectivity index (χ0) is 14.4. The Morgan fingerprint density at radius 3 is 1.79 bits per heavy atom. The van der Waals surface area contributed by atoms with Crippen LogP contribution in [0.3, 0.4) is 0 Å². The summed E-state index contributed by atoms with van der Waals surface area (Å²) in [7, 11) is -2.73. The Balaban J connectivity index is 0.000000443. The monoisotopic (exact) mass is 289 g/mol. The molecule has 0 aliphatic carbocycles. The van der Waals surface area contributed by atoms with E-state index in [0.29, 0.717) is 11.5 Å². The molecule has 1 rings (SSSR count). The third-order valence-electron chi connectivity index (χ3n) is 2.61. The van der Waals surface area contributed by atoms with E-state index >= 15 is 0 Å². The van der Waals surface area contributed by atoms with Gasteiger partial charge in [0.25, 0.3) is 0 Å². The van der Waals surface area contributed by atoms with E-state index in [9.17, 15) is 8.42 Å². The predicted octanol–water partition coefficient (Wildman–Crippen LogP) is 3.33. The molecule has 1 aliphatic rings. The van der Waals surface area contributed by atoms with Crippen molar-refractivity contribution in [3.8, 4) is 0 Å². The van der Waals surface area contributed by atoms with Gasteiger partial charge in [0, 0.05) is 6.20 Å². The summed E-state index contributed by atoms with van der Waals surface area (Å²) in [5, 5.41) is 0. The van der Waals surface area contributed by atoms with Crippen LogP contribution >= 0.6 is 0 Å². The van der Waals surface area contributed by atoms with Crippen molar-refractivity contribution >= 4 is 9.84 Å². The van der Waals surface area contributed by atoms with E-state index < -0.39 is 9.84 Å². The van der Waals surface area contributed by atoms with Gasteiger partial charge in [-0.3, -0.25) is 0 Å². The van der Waals surface area contributed by atoms with Gasteiger partial charge in [-0.15, -0.1) is 0 Å². The van der Waals surface area contributed by atoms with E-state index in [-0.39, 0.29) is 0 Å². The smallest absolute Gasteiger partial charge is 0.150 e. The zero-order valence-corrected chi connectivity index (χ0v) is 12.9. The lowest BCUT2D eigenvalue weighted by Gasteiger charge is -2.02. The van der Waals surface area contributed by atoms with Gasteiger partial charge >= 0.3 is 0 Å². The summed E-state index contributed by atoms with van der Waals surface area (Å²) in [6, 6.07) is 0. The number of rotatable bonds is 8. The lowest BCUT2D eigenvalue weighted by Crippen LogP contribution is -2.10. The molecule has 0 spiro atoms. The van der Waals surface area contributed by atoms with Crippen molar-refractivity contribution in [1.82, 2.24) is 5.48 Å². The molecule has 0 amide bonds. The first-order valence-corrected chi connectivity index (χ1v) is 8.87. The molecule has 0 atom stereocenters. The van der Waals surface area contributed by atoms with Crippen LogP contribution in [0, 0.1) is 0 Å². The van der Waals surface area contributed by atoms with E-state index in [0.717, 1.165) is 38.5 Å². The van der Waals surface area contributed by atoms with Crippen molar-refractivity contribution in [2.75, 3.05) is 11.5 Å². The normalized spacial score (nSPS) is 13.2. The summed E-state index contributed by atoms with van der Waals surface area (Å²) in [6.07, 6.45) is 12.9. The number of hydrogen-bond donors (Lipinski definition) is 1. The van der Waals surface area contributed by atoms with Gasteiger partial charge in [-0.05, 0) is 25.0 Å². The Morgan fingerprint density at radius 2 is 1.53 bits per heavy atom. The number of unbranched alkanes of at least 4 members (excludes halogenated alkanes) is 4. The van der Waals surface area contributed by atoms with Crippen molar-refractivity contribution in [3.63, 3.8) is 0 Å². The molecule has 112 valence electrons. The fourth-order valence-electron chi connectivity index (χ4n) is 1.50. The molecule has 0 aromatic carbocycles. The number of sulfone groups is 1. The fourth-order valence-corrected chi connectivity index (χ4v) is 3.00. The van der Waals surface area contributed by atoms with Crippen LogP contribution in [0.5, 0.6) is 0 Å². The highest BCUT2D eigenvalue weighted by atomic mass is 32.2. The first-order chi connectivity index (χ1) is 9.12. The average molecular weight is 289 g/mol. The van der Waals surface area contributed by atoms with Crippen LogP contribution < -0.4 is 5.48 Å². The molecule has 0 aromatic rings. The largest absolute Gasteiger partial charge is 0.391 e. The van der Waals surface area contributed by atoms with Crippen molar-refractivity contribution in [3.05, 3.63) is 24.6 Å². The number of hydroxylamine groups is 1. The highest BCUT2D eigenvalue weighted by Crippen LogP contribution is 2.04. The van der Waals surface area contributed by atoms with Gasteiger partial charge in [-0.2, -0.15) is 0 Å².